The molecule has 1 heterocycles. The fourth-order valence-electron chi connectivity index (χ4n) is 3.80. The van der Waals surface area contributed by atoms with Gasteiger partial charge in [0.25, 0.3) is 5.56 Å². The van der Waals surface area contributed by atoms with E-state index in [1.54, 1.807) is 42.6 Å². The highest BCUT2D eigenvalue weighted by molar-refractivity contribution is 5.94. The fourth-order valence-corrected chi connectivity index (χ4v) is 3.80. The van der Waals surface area contributed by atoms with Crippen molar-refractivity contribution in [3.8, 4) is 17.0 Å². The van der Waals surface area contributed by atoms with Gasteiger partial charge in [-0.1, -0.05) is 24.3 Å². The molecular weight excluding hydrogens is 470 g/mol. The van der Waals surface area contributed by atoms with Gasteiger partial charge >= 0.3 is 0 Å². The Bertz CT molecular complexity index is 1350. The van der Waals surface area contributed by atoms with Crippen LogP contribution >= 0.6 is 0 Å². The van der Waals surface area contributed by atoms with Gasteiger partial charge in [0.05, 0.1) is 18.5 Å². The van der Waals surface area contributed by atoms with E-state index >= 15 is 0 Å². The molecule has 1 aliphatic rings. The quantitative estimate of drug-likeness (QED) is 0.153. The summed E-state index contributed by atoms with van der Waals surface area (Å²) in [6.07, 6.45) is 3.90. The van der Waals surface area contributed by atoms with Gasteiger partial charge in [-0.05, 0) is 50.3 Å². The number of carbonyl (C=O) groups is 1. The minimum Gasteiger partial charge on any atom is -0.493 e. The molecule has 7 N–H and O–H groups in total. The Morgan fingerprint density at radius 3 is 2.59 bits per heavy atom. The first-order valence-corrected chi connectivity index (χ1v) is 12.3. The van der Waals surface area contributed by atoms with Crippen molar-refractivity contribution in [3.05, 3.63) is 70.1 Å². The van der Waals surface area contributed by atoms with E-state index in [1.807, 2.05) is 19.9 Å². The molecular formula is C27H33N7O3. The maximum atomic E-state index is 13.4. The van der Waals surface area contributed by atoms with Crippen molar-refractivity contribution in [2.75, 3.05) is 17.7 Å². The maximum Gasteiger partial charge on any atom is 0.294 e. The van der Waals surface area contributed by atoms with Crippen molar-refractivity contribution < 1.29 is 9.53 Å². The molecule has 0 spiro atoms. The monoisotopic (exact) mass is 503 g/mol. The second-order valence-corrected chi connectivity index (χ2v) is 9.61. The lowest BCUT2D eigenvalue weighted by Gasteiger charge is -2.17. The number of hydrogen-bond donors (Lipinski definition) is 5. The molecule has 4 rings (SSSR count). The topological polar surface area (TPSA) is 161 Å². The maximum absolute atomic E-state index is 13.4. The zero-order valence-electron chi connectivity index (χ0n) is 21.1. The molecule has 3 aromatic rings. The Labute approximate surface area is 215 Å². The normalized spacial score (nSPS) is 12.8. The van der Waals surface area contributed by atoms with Crippen LogP contribution in [0.25, 0.3) is 11.3 Å². The minimum absolute atomic E-state index is 0.0129. The number of amides is 1. The van der Waals surface area contributed by atoms with E-state index in [-0.39, 0.29) is 36.7 Å². The van der Waals surface area contributed by atoms with Crippen LogP contribution in [0.15, 0.2) is 53.5 Å². The molecule has 194 valence electrons. The van der Waals surface area contributed by atoms with Crippen LogP contribution in [0.5, 0.6) is 5.75 Å². The van der Waals surface area contributed by atoms with E-state index in [0.717, 1.165) is 5.56 Å². The number of nitrogen functional groups attached to an aromatic ring is 2. The minimum atomic E-state index is -0.407. The number of aromatic nitrogens is 2. The Hall–Kier alpha value is -4.34. The first-order chi connectivity index (χ1) is 17.7. The molecule has 1 fully saturated rings. The summed E-state index contributed by atoms with van der Waals surface area (Å²) in [6.45, 7) is 4.50. The second kappa shape index (κ2) is 11.2. The molecule has 1 aromatic heterocycles. The number of amidine groups is 1. The number of carbonyl (C=O) groups excluding carboxylic acids is 1. The van der Waals surface area contributed by atoms with Crippen molar-refractivity contribution in [2.24, 2.45) is 11.7 Å². The molecule has 0 atom stereocenters. The van der Waals surface area contributed by atoms with Gasteiger partial charge in [-0.3, -0.25) is 19.6 Å². The average Bonchev–Trinajstić information content (AvgIpc) is 3.68. The van der Waals surface area contributed by atoms with Crippen molar-refractivity contribution >= 4 is 23.2 Å². The molecule has 1 saturated carbocycles. The van der Waals surface area contributed by atoms with Crippen LogP contribution in [0.4, 0.5) is 11.5 Å². The second-order valence-electron chi connectivity index (χ2n) is 9.61. The van der Waals surface area contributed by atoms with Crippen LogP contribution in [-0.2, 0) is 17.9 Å². The molecule has 1 aliphatic carbocycles. The number of hydrogen-bond acceptors (Lipinski definition) is 7. The van der Waals surface area contributed by atoms with Gasteiger partial charge < -0.3 is 26.8 Å². The number of nitrogens with one attached hydrogen (secondary N) is 3. The first kappa shape index (κ1) is 25.7. The molecule has 0 radical (unpaired) electrons. The van der Waals surface area contributed by atoms with Gasteiger partial charge in [0, 0.05) is 35.5 Å². The third-order valence-corrected chi connectivity index (χ3v) is 5.94. The number of nitrogens with two attached hydrogens (primary N) is 2. The number of benzene rings is 2. The van der Waals surface area contributed by atoms with Crippen LogP contribution in [-0.4, -0.2) is 33.9 Å². The molecule has 1 amide bonds. The van der Waals surface area contributed by atoms with E-state index in [9.17, 15) is 9.59 Å². The number of nitrogens with zero attached hydrogens (tertiary/aromatic N) is 2. The van der Waals surface area contributed by atoms with E-state index in [1.165, 1.54) is 17.4 Å². The van der Waals surface area contributed by atoms with Gasteiger partial charge in [0.1, 0.15) is 18.1 Å². The molecule has 10 nitrogen and oxygen atoms in total. The highest BCUT2D eigenvalue weighted by Crippen LogP contribution is 2.32. The summed E-state index contributed by atoms with van der Waals surface area (Å²) < 4.78 is 7.30. The van der Waals surface area contributed by atoms with Crippen LogP contribution in [0, 0.1) is 11.3 Å². The third kappa shape index (κ3) is 6.87. The molecule has 2 aromatic carbocycles. The average molecular weight is 504 g/mol. The Morgan fingerprint density at radius 1 is 1.22 bits per heavy atom. The Kier molecular flexibility index (Phi) is 7.76. The number of rotatable bonds is 11. The molecule has 0 bridgehead atoms. The Balaban J connectivity index is 1.58. The fraction of sp³-hybridized carbons (Fsp3) is 0.333. The first-order valence-electron chi connectivity index (χ1n) is 12.3. The lowest BCUT2D eigenvalue weighted by atomic mass is 10.1. The smallest absolute Gasteiger partial charge is 0.294 e. The van der Waals surface area contributed by atoms with Crippen molar-refractivity contribution in [1.82, 2.24) is 14.9 Å². The van der Waals surface area contributed by atoms with E-state index in [4.69, 9.17) is 21.6 Å². The lowest BCUT2D eigenvalue weighted by Crippen LogP contribution is -2.35. The van der Waals surface area contributed by atoms with E-state index < -0.39 is 5.56 Å². The molecule has 0 aliphatic heterocycles. The van der Waals surface area contributed by atoms with E-state index in [0.29, 0.717) is 40.8 Å². The van der Waals surface area contributed by atoms with Crippen LogP contribution in [0.1, 0.15) is 37.8 Å². The number of anilines is 2. The summed E-state index contributed by atoms with van der Waals surface area (Å²) in [5.41, 5.74) is 14.3. The summed E-state index contributed by atoms with van der Waals surface area (Å²) in [5.74, 6) is 1.00. The summed E-state index contributed by atoms with van der Waals surface area (Å²) in [7, 11) is 0. The lowest BCUT2D eigenvalue weighted by molar-refractivity contribution is -0.121. The predicted octanol–water partition coefficient (Wildman–Crippen LogP) is 2.70. The highest BCUT2D eigenvalue weighted by Gasteiger charge is 2.22. The van der Waals surface area contributed by atoms with Gasteiger partial charge in [-0.25, -0.2) is 4.98 Å². The molecule has 0 saturated heterocycles. The zero-order chi connectivity index (χ0) is 26.5. The summed E-state index contributed by atoms with van der Waals surface area (Å²) in [4.78, 5) is 30.6. The zero-order valence-corrected chi connectivity index (χ0v) is 21.1. The number of ether oxygens (including phenoxy) is 1. The van der Waals surface area contributed by atoms with Gasteiger partial charge in [-0.2, -0.15) is 0 Å². The predicted molar refractivity (Wildman–Crippen MR) is 145 cm³/mol. The van der Waals surface area contributed by atoms with Crippen molar-refractivity contribution in [3.63, 3.8) is 0 Å². The summed E-state index contributed by atoms with van der Waals surface area (Å²) in [6, 6.07) is 12.3. The summed E-state index contributed by atoms with van der Waals surface area (Å²) in [5, 5.41) is 13.4. The van der Waals surface area contributed by atoms with Gasteiger partial charge in [0.15, 0.2) is 5.82 Å². The van der Waals surface area contributed by atoms with Gasteiger partial charge in [-0.15, -0.1) is 0 Å². The van der Waals surface area contributed by atoms with Crippen molar-refractivity contribution in [1.29, 1.82) is 5.41 Å². The van der Waals surface area contributed by atoms with E-state index in [2.05, 4.69) is 15.6 Å². The van der Waals surface area contributed by atoms with Crippen LogP contribution in [0.2, 0.25) is 0 Å². The summed E-state index contributed by atoms with van der Waals surface area (Å²) >= 11 is 0. The van der Waals surface area contributed by atoms with Gasteiger partial charge in [0.2, 0.25) is 5.91 Å². The highest BCUT2D eigenvalue weighted by atomic mass is 16.5. The largest absolute Gasteiger partial charge is 0.493 e. The van der Waals surface area contributed by atoms with Crippen LogP contribution < -0.4 is 32.4 Å². The van der Waals surface area contributed by atoms with Crippen LogP contribution in [0.3, 0.4) is 0 Å². The molecule has 37 heavy (non-hydrogen) atoms. The standard InChI is InChI=1S/C27H33N7O3/c1-16(2)33-26-27(36)34(14-24(35)31-12-17-5-7-19(8-6-17)25(29)30)23(13-32-26)20-9-21(28)11-22(10-20)37-15-18-3-4-18/h5-11,13,16,18H,3-4,12,14-15,28H2,1-2H3,(H3,29,30)(H,31,35)(H,32,33). The molecule has 10 heteroatoms. The van der Waals surface area contributed by atoms with Crippen molar-refractivity contribution in [2.45, 2.75) is 45.8 Å². The Morgan fingerprint density at radius 2 is 1.95 bits per heavy atom. The molecule has 0 unspecified atom stereocenters. The SMILES string of the molecule is CC(C)Nc1ncc(-c2cc(N)cc(OCC3CC3)c2)n(CC(=O)NCc2ccc(C(=N)N)cc2)c1=O. The third-order valence-electron chi connectivity index (χ3n) is 5.94.